The first-order chi connectivity index (χ1) is 14.8. The second-order valence-corrected chi connectivity index (χ2v) is 8.83. The molecule has 0 radical (unpaired) electrons. The average molecular weight is 423 g/mol. The number of likely N-dealkylation sites (tertiary alicyclic amines) is 2. The molecular weight excluding hydrogens is 392 g/mol. The van der Waals surface area contributed by atoms with E-state index in [4.69, 9.17) is 9.97 Å². The number of hydrogen-bond acceptors (Lipinski definition) is 6. The van der Waals surface area contributed by atoms with Crippen molar-refractivity contribution in [2.75, 3.05) is 45.7 Å². The Morgan fingerprint density at radius 3 is 2.45 bits per heavy atom. The van der Waals surface area contributed by atoms with Crippen LogP contribution in [0.15, 0.2) is 24.4 Å². The molecule has 2 aromatic heterocycles. The van der Waals surface area contributed by atoms with Gasteiger partial charge in [-0.15, -0.1) is 0 Å². The lowest BCUT2D eigenvalue weighted by molar-refractivity contribution is -0.126. The van der Waals surface area contributed by atoms with Gasteiger partial charge in [0.05, 0.1) is 11.3 Å². The van der Waals surface area contributed by atoms with Crippen molar-refractivity contribution >= 4 is 17.6 Å². The van der Waals surface area contributed by atoms with E-state index in [9.17, 15) is 9.59 Å². The fourth-order valence-corrected chi connectivity index (χ4v) is 4.27. The molecule has 8 nitrogen and oxygen atoms in total. The number of hydrogen-bond donors (Lipinski definition) is 0. The zero-order valence-electron chi connectivity index (χ0n) is 18.7. The van der Waals surface area contributed by atoms with Crippen LogP contribution in [-0.2, 0) is 4.79 Å². The van der Waals surface area contributed by atoms with Crippen LogP contribution in [0, 0.1) is 6.92 Å². The van der Waals surface area contributed by atoms with Gasteiger partial charge in [0.25, 0.3) is 5.91 Å². The largest absolute Gasteiger partial charge is 0.363 e. The Labute approximate surface area is 183 Å². The lowest BCUT2D eigenvalue weighted by atomic mass is 9.94. The Morgan fingerprint density at radius 1 is 1.13 bits per heavy atom. The molecule has 0 saturated carbocycles. The molecule has 2 fully saturated rings. The summed E-state index contributed by atoms with van der Waals surface area (Å²) < 4.78 is 0. The summed E-state index contributed by atoms with van der Waals surface area (Å²) in [4.78, 5) is 44.4. The van der Waals surface area contributed by atoms with Gasteiger partial charge in [0.15, 0.2) is 0 Å². The lowest BCUT2D eigenvalue weighted by Gasteiger charge is -2.32. The highest BCUT2D eigenvalue weighted by Crippen LogP contribution is 2.32. The smallest absolute Gasteiger partial charge is 0.255 e. The Kier molecular flexibility index (Phi) is 5.89. The third-order valence-corrected chi connectivity index (χ3v) is 6.27. The molecule has 164 valence electrons. The molecule has 0 unspecified atom stereocenters. The number of carbonyl (C=O) groups is 2. The van der Waals surface area contributed by atoms with Crippen LogP contribution in [0.3, 0.4) is 0 Å². The number of amides is 2. The maximum atomic E-state index is 12.8. The first kappa shape index (κ1) is 21.2. The van der Waals surface area contributed by atoms with E-state index in [1.807, 2.05) is 56.1 Å². The van der Waals surface area contributed by atoms with Crippen molar-refractivity contribution in [3.05, 3.63) is 47.2 Å². The van der Waals surface area contributed by atoms with Crippen LogP contribution in [0.4, 0.5) is 5.82 Å². The van der Waals surface area contributed by atoms with Crippen LogP contribution in [-0.4, -0.2) is 77.3 Å². The number of nitrogens with zero attached hydrogens (tertiary/aromatic N) is 6. The maximum absolute atomic E-state index is 12.8. The highest BCUT2D eigenvalue weighted by atomic mass is 16.2. The lowest BCUT2D eigenvalue weighted by Crippen LogP contribution is -2.38. The summed E-state index contributed by atoms with van der Waals surface area (Å²) in [7, 11) is 5.78. The molecule has 2 aliphatic heterocycles. The average Bonchev–Trinajstić information content (AvgIpc) is 3.12. The molecule has 2 aromatic rings. The van der Waals surface area contributed by atoms with Crippen molar-refractivity contribution in [3.63, 3.8) is 0 Å². The summed E-state index contributed by atoms with van der Waals surface area (Å²) in [6.45, 7) is 3.95. The van der Waals surface area contributed by atoms with Gasteiger partial charge in [-0.3, -0.25) is 14.6 Å². The van der Waals surface area contributed by atoms with E-state index >= 15 is 0 Å². The molecule has 4 rings (SSSR count). The van der Waals surface area contributed by atoms with Crippen molar-refractivity contribution in [3.8, 4) is 0 Å². The SMILES string of the molecule is Cc1ccc(C(=O)N2CCC(c3nc([C@H]4CC(=O)N(C)C4)cc(N(C)C)n3)CC2)cn1. The van der Waals surface area contributed by atoms with E-state index in [2.05, 4.69) is 4.98 Å². The van der Waals surface area contributed by atoms with Gasteiger partial charge in [0, 0.05) is 77.0 Å². The number of aryl methyl sites for hydroxylation is 1. The molecule has 0 aromatic carbocycles. The van der Waals surface area contributed by atoms with E-state index in [1.165, 1.54) is 0 Å². The molecule has 2 saturated heterocycles. The maximum Gasteiger partial charge on any atom is 0.255 e. The molecule has 0 spiro atoms. The van der Waals surface area contributed by atoms with E-state index < -0.39 is 0 Å². The highest BCUT2D eigenvalue weighted by molar-refractivity contribution is 5.94. The van der Waals surface area contributed by atoms with E-state index in [0.717, 1.165) is 35.9 Å². The molecule has 0 bridgehead atoms. The molecule has 0 aliphatic carbocycles. The predicted octanol–water partition coefficient (Wildman–Crippen LogP) is 2.21. The zero-order chi connectivity index (χ0) is 22.1. The minimum atomic E-state index is 0.0297. The van der Waals surface area contributed by atoms with Crippen molar-refractivity contribution in [2.45, 2.75) is 38.0 Å². The number of aromatic nitrogens is 3. The van der Waals surface area contributed by atoms with Crippen molar-refractivity contribution in [1.82, 2.24) is 24.8 Å². The Bertz CT molecular complexity index is 967. The minimum Gasteiger partial charge on any atom is -0.363 e. The van der Waals surface area contributed by atoms with Crippen LogP contribution in [0.5, 0.6) is 0 Å². The Morgan fingerprint density at radius 2 is 1.87 bits per heavy atom. The Hall–Kier alpha value is -3.03. The summed E-state index contributed by atoms with van der Waals surface area (Å²) >= 11 is 0. The summed E-state index contributed by atoms with van der Waals surface area (Å²) in [5.41, 5.74) is 2.47. The number of piperidine rings is 1. The quantitative estimate of drug-likeness (QED) is 0.751. The summed E-state index contributed by atoms with van der Waals surface area (Å²) in [6.07, 6.45) is 3.80. The van der Waals surface area contributed by atoms with Crippen LogP contribution < -0.4 is 4.90 Å². The molecule has 1 atom stereocenters. The van der Waals surface area contributed by atoms with Gasteiger partial charge in [-0.2, -0.15) is 0 Å². The molecule has 2 aliphatic rings. The van der Waals surface area contributed by atoms with Crippen LogP contribution >= 0.6 is 0 Å². The minimum absolute atomic E-state index is 0.0297. The van der Waals surface area contributed by atoms with E-state index in [1.54, 1.807) is 11.1 Å². The molecule has 2 amide bonds. The molecule has 31 heavy (non-hydrogen) atoms. The number of likely N-dealkylation sites (N-methyl/N-ethyl adjacent to an activating group) is 1. The highest BCUT2D eigenvalue weighted by Gasteiger charge is 2.32. The van der Waals surface area contributed by atoms with E-state index in [0.29, 0.717) is 31.6 Å². The fraction of sp³-hybridized carbons (Fsp3) is 0.522. The van der Waals surface area contributed by atoms with Crippen molar-refractivity contribution < 1.29 is 9.59 Å². The number of pyridine rings is 1. The van der Waals surface area contributed by atoms with E-state index in [-0.39, 0.29) is 23.7 Å². The summed E-state index contributed by atoms with van der Waals surface area (Å²) in [5, 5.41) is 0. The number of anilines is 1. The number of carbonyl (C=O) groups excluding carboxylic acids is 2. The predicted molar refractivity (Wildman–Crippen MR) is 118 cm³/mol. The van der Waals surface area contributed by atoms with Crippen LogP contribution in [0.25, 0.3) is 0 Å². The van der Waals surface area contributed by atoms with Gasteiger partial charge in [-0.25, -0.2) is 9.97 Å². The fourth-order valence-electron chi connectivity index (χ4n) is 4.27. The van der Waals surface area contributed by atoms with Gasteiger partial charge in [0.2, 0.25) is 5.91 Å². The van der Waals surface area contributed by atoms with Gasteiger partial charge >= 0.3 is 0 Å². The van der Waals surface area contributed by atoms with Gasteiger partial charge in [0.1, 0.15) is 11.6 Å². The van der Waals surface area contributed by atoms with Crippen LogP contribution in [0.2, 0.25) is 0 Å². The first-order valence-electron chi connectivity index (χ1n) is 10.8. The molecule has 0 N–H and O–H groups in total. The third kappa shape index (κ3) is 4.52. The van der Waals surface area contributed by atoms with Gasteiger partial charge < -0.3 is 14.7 Å². The Balaban J connectivity index is 1.49. The number of rotatable bonds is 4. The summed E-state index contributed by atoms with van der Waals surface area (Å²) in [6, 6.07) is 5.71. The normalized spacial score (nSPS) is 19.7. The molecule has 8 heteroatoms. The molecule has 4 heterocycles. The second kappa shape index (κ2) is 8.61. The van der Waals surface area contributed by atoms with Crippen molar-refractivity contribution in [1.29, 1.82) is 0 Å². The van der Waals surface area contributed by atoms with Gasteiger partial charge in [-0.05, 0) is 31.9 Å². The second-order valence-electron chi connectivity index (χ2n) is 8.83. The van der Waals surface area contributed by atoms with Crippen molar-refractivity contribution in [2.24, 2.45) is 0 Å². The zero-order valence-corrected chi connectivity index (χ0v) is 18.7. The standard InChI is InChI=1S/C23H30N6O2/c1-15-5-6-17(13-24-15)23(31)29-9-7-16(8-10-29)22-25-19(12-20(26-22)27(2)3)18-11-21(30)28(4)14-18/h5-6,12-13,16,18H,7-11,14H2,1-4H3/t18-/m0/s1. The first-order valence-corrected chi connectivity index (χ1v) is 10.8. The molecular formula is C23H30N6O2. The van der Waals surface area contributed by atoms with Gasteiger partial charge in [-0.1, -0.05) is 0 Å². The monoisotopic (exact) mass is 422 g/mol. The third-order valence-electron chi connectivity index (χ3n) is 6.27. The summed E-state index contributed by atoms with van der Waals surface area (Å²) in [5.74, 6) is 2.19. The van der Waals surface area contributed by atoms with Crippen LogP contribution in [0.1, 0.15) is 58.7 Å². The topological polar surface area (TPSA) is 82.5 Å².